The first kappa shape index (κ1) is 20.7. The second-order valence-electron chi connectivity index (χ2n) is 6.59. The minimum atomic E-state index is -0.318. The van der Waals surface area contributed by atoms with Crippen LogP contribution >= 0.6 is 15.9 Å². The largest absolute Gasteiger partial charge is 0.497 e. The van der Waals surface area contributed by atoms with Gasteiger partial charge in [0.05, 0.1) is 12.5 Å². The third-order valence-corrected chi connectivity index (χ3v) is 5.05. The van der Waals surface area contributed by atoms with Gasteiger partial charge in [-0.1, -0.05) is 34.1 Å². The summed E-state index contributed by atoms with van der Waals surface area (Å²) in [7, 11) is 1.55. The smallest absolute Gasteiger partial charge is 0.235 e. The average Bonchev–Trinajstić information content (AvgIpc) is 2.80. The van der Waals surface area contributed by atoms with Gasteiger partial charge in [-0.25, -0.2) is 0 Å². The molecule has 0 spiro atoms. The van der Waals surface area contributed by atoms with Gasteiger partial charge in [0, 0.05) is 22.2 Å². The van der Waals surface area contributed by atoms with Crippen LogP contribution in [0.25, 0.3) is 11.0 Å². The number of rotatable bonds is 7. The Morgan fingerprint density at radius 1 is 0.968 bits per heavy atom. The molecule has 0 aliphatic carbocycles. The maximum atomic E-state index is 12.8. The molecule has 0 saturated carbocycles. The van der Waals surface area contributed by atoms with Gasteiger partial charge in [0.2, 0.25) is 11.2 Å². The number of carbonyl (C=O) groups excluding carboxylic acids is 1. The summed E-state index contributed by atoms with van der Waals surface area (Å²) in [6.45, 7) is -0.131. The molecule has 0 aliphatic heterocycles. The number of ether oxygens (including phenoxy) is 3. The molecule has 3 aromatic carbocycles. The van der Waals surface area contributed by atoms with Gasteiger partial charge in [-0.3, -0.25) is 9.59 Å². The predicted molar refractivity (Wildman–Crippen MR) is 120 cm³/mol. The highest BCUT2D eigenvalue weighted by Crippen LogP contribution is 2.26. The molecule has 0 bridgehead atoms. The predicted octanol–water partition coefficient (Wildman–Crippen LogP) is 5.62. The Morgan fingerprint density at radius 2 is 1.74 bits per heavy atom. The van der Waals surface area contributed by atoms with E-state index >= 15 is 0 Å². The summed E-state index contributed by atoms with van der Waals surface area (Å²) in [5.41, 5.74) is 0.563. The lowest BCUT2D eigenvalue weighted by atomic mass is 10.1. The highest BCUT2D eigenvalue weighted by Gasteiger charge is 2.12. The molecule has 31 heavy (non-hydrogen) atoms. The summed E-state index contributed by atoms with van der Waals surface area (Å²) in [6, 6.07) is 18.7. The summed E-state index contributed by atoms with van der Waals surface area (Å²) in [4.78, 5) is 25.0. The normalized spacial score (nSPS) is 10.6. The van der Waals surface area contributed by atoms with Crippen molar-refractivity contribution in [2.24, 2.45) is 0 Å². The minimum absolute atomic E-state index is 0.0554. The van der Waals surface area contributed by atoms with Crippen molar-refractivity contribution < 1.29 is 23.4 Å². The molecule has 0 radical (unpaired) electrons. The van der Waals surface area contributed by atoms with Gasteiger partial charge in [0.1, 0.15) is 29.1 Å². The Morgan fingerprint density at radius 3 is 2.52 bits per heavy atom. The number of benzene rings is 3. The van der Waals surface area contributed by atoms with E-state index in [1.165, 1.54) is 6.26 Å². The molecule has 1 heterocycles. The number of hydrogen-bond donors (Lipinski definition) is 0. The SMILES string of the molecule is COc1cccc(Oc2coc3cc(OCC(=O)c4ccc(Br)cc4)ccc3c2=O)c1. The molecule has 0 atom stereocenters. The number of ketones is 1. The van der Waals surface area contributed by atoms with Crippen LogP contribution in [0.1, 0.15) is 10.4 Å². The lowest BCUT2D eigenvalue weighted by Gasteiger charge is -2.09. The van der Waals surface area contributed by atoms with Gasteiger partial charge in [-0.15, -0.1) is 0 Å². The second-order valence-corrected chi connectivity index (χ2v) is 7.50. The minimum Gasteiger partial charge on any atom is -0.497 e. The monoisotopic (exact) mass is 480 g/mol. The van der Waals surface area contributed by atoms with Crippen molar-refractivity contribution in [3.05, 3.63) is 93.3 Å². The Kier molecular flexibility index (Phi) is 6.04. The standard InChI is InChI=1S/C24H17BrO6/c1-28-17-3-2-4-19(11-17)31-23-14-30-22-12-18(9-10-20(22)24(23)27)29-13-21(26)15-5-7-16(25)8-6-15/h2-12,14H,13H2,1H3. The fraction of sp³-hybridized carbons (Fsp3) is 0.0833. The van der Waals surface area contributed by atoms with Gasteiger partial charge in [0.15, 0.2) is 12.4 Å². The van der Waals surface area contributed by atoms with E-state index in [9.17, 15) is 9.59 Å². The summed E-state index contributed by atoms with van der Waals surface area (Å²) >= 11 is 3.34. The molecule has 0 aliphatic rings. The van der Waals surface area contributed by atoms with Crippen molar-refractivity contribution in [2.45, 2.75) is 0 Å². The number of Topliss-reactive ketones (excluding diaryl/α,β-unsaturated/α-hetero) is 1. The Hall–Kier alpha value is -3.58. The molecular formula is C24H17BrO6. The van der Waals surface area contributed by atoms with Crippen molar-refractivity contribution in [3.63, 3.8) is 0 Å². The van der Waals surface area contributed by atoms with E-state index in [1.54, 1.807) is 73.8 Å². The molecule has 0 amide bonds. The average molecular weight is 481 g/mol. The topological polar surface area (TPSA) is 75.0 Å². The van der Waals surface area contributed by atoms with Gasteiger partial charge >= 0.3 is 0 Å². The number of fused-ring (bicyclic) bond motifs is 1. The zero-order chi connectivity index (χ0) is 21.8. The molecular weight excluding hydrogens is 464 g/mol. The van der Waals surface area contributed by atoms with Crippen LogP contribution in [-0.2, 0) is 0 Å². The molecule has 7 heteroatoms. The number of carbonyl (C=O) groups is 1. The maximum absolute atomic E-state index is 12.8. The van der Waals surface area contributed by atoms with Crippen molar-refractivity contribution >= 4 is 32.7 Å². The fourth-order valence-electron chi connectivity index (χ4n) is 2.91. The molecule has 1 aromatic heterocycles. The first-order valence-corrected chi connectivity index (χ1v) is 10.1. The van der Waals surface area contributed by atoms with Crippen molar-refractivity contribution in [1.29, 1.82) is 0 Å². The van der Waals surface area contributed by atoms with E-state index in [2.05, 4.69) is 15.9 Å². The molecule has 0 fully saturated rings. The van der Waals surface area contributed by atoms with Crippen LogP contribution in [0.3, 0.4) is 0 Å². The molecule has 156 valence electrons. The van der Waals surface area contributed by atoms with E-state index in [-0.39, 0.29) is 23.6 Å². The third-order valence-electron chi connectivity index (χ3n) is 4.52. The molecule has 4 rings (SSSR count). The second kappa shape index (κ2) is 9.06. The van der Waals surface area contributed by atoms with Gasteiger partial charge in [-0.05, 0) is 36.4 Å². The van der Waals surface area contributed by atoms with Crippen molar-refractivity contribution in [2.75, 3.05) is 13.7 Å². The van der Waals surface area contributed by atoms with E-state index in [0.717, 1.165) is 4.47 Å². The first-order chi connectivity index (χ1) is 15.0. The van der Waals surface area contributed by atoms with Crippen LogP contribution in [0.15, 0.2) is 86.7 Å². The van der Waals surface area contributed by atoms with Gasteiger partial charge in [0.25, 0.3) is 0 Å². The molecule has 0 saturated heterocycles. The fourth-order valence-corrected chi connectivity index (χ4v) is 3.18. The third kappa shape index (κ3) is 4.78. The summed E-state index contributed by atoms with van der Waals surface area (Å²) in [5.74, 6) is 1.39. The zero-order valence-electron chi connectivity index (χ0n) is 16.5. The van der Waals surface area contributed by atoms with Crippen LogP contribution in [0.2, 0.25) is 0 Å². The number of hydrogen-bond acceptors (Lipinski definition) is 6. The molecule has 6 nitrogen and oxygen atoms in total. The highest BCUT2D eigenvalue weighted by atomic mass is 79.9. The van der Waals surface area contributed by atoms with E-state index in [4.69, 9.17) is 18.6 Å². The Labute approximate surface area is 186 Å². The highest BCUT2D eigenvalue weighted by molar-refractivity contribution is 9.10. The molecule has 0 unspecified atom stereocenters. The lowest BCUT2D eigenvalue weighted by molar-refractivity contribution is 0.0921. The van der Waals surface area contributed by atoms with Gasteiger partial charge in [-0.2, -0.15) is 0 Å². The van der Waals surface area contributed by atoms with Gasteiger partial charge < -0.3 is 18.6 Å². The Bertz CT molecular complexity index is 1290. The van der Waals surface area contributed by atoms with Crippen LogP contribution in [0, 0.1) is 0 Å². The number of halogens is 1. The van der Waals surface area contributed by atoms with Crippen LogP contribution in [0.4, 0.5) is 0 Å². The van der Waals surface area contributed by atoms with Crippen LogP contribution < -0.4 is 19.6 Å². The van der Waals surface area contributed by atoms with E-state index < -0.39 is 0 Å². The molecule has 0 N–H and O–H groups in total. The van der Waals surface area contributed by atoms with E-state index in [0.29, 0.717) is 33.8 Å². The summed E-state index contributed by atoms with van der Waals surface area (Å²) in [5, 5.41) is 0.340. The quantitative estimate of drug-likeness (QED) is 0.319. The van der Waals surface area contributed by atoms with Crippen molar-refractivity contribution in [3.8, 4) is 23.0 Å². The molecule has 4 aromatic rings. The summed E-state index contributed by atoms with van der Waals surface area (Å²) < 4.78 is 22.9. The first-order valence-electron chi connectivity index (χ1n) is 9.32. The van der Waals surface area contributed by atoms with E-state index in [1.807, 2.05) is 0 Å². The maximum Gasteiger partial charge on any atom is 0.235 e. The Balaban J connectivity index is 1.50. The van der Waals surface area contributed by atoms with Crippen molar-refractivity contribution in [1.82, 2.24) is 0 Å². The summed E-state index contributed by atoms with van der Waals surface area (Å²) in [6.07, 6.45) is 1.25. The number of methoxy groups -OCH3 is 1. The lowest BCUT2D eigenvalue weighted by Crippen LogP contribution is -2.11. The van der Waals surface area contributed by atoms with Crippen LogP contribution in [-0.4, -0.2) is 19.5 Å². The zero-order valence-corrected chi connectivity index (χ0v) is 18.0. The van der Waals surface area contributed by atoms with Crippen LogP contribution in [0.5, 0.6) is 23.0 Å².